The molecule has 1 aromatic carbocycles. The molecule has 3 aromatic heterocycles. The van der Waals surface area contributed by atoms with Crippen molar-refractivity contribution in [1.29, 1.82) is 0 Å². The van der Waals surface area contributed by atoms with Gasteiger partial charge in [-0.1, -0.05) is 24.3 Å². The Balaban J connectivity index is 1.04. The van der Waals surface area contributed by atoms with Gasteiger partial charge in [-0.3, -0.25) is 9.59 Å². The van der Waals surface area contributed by atoms with Crippen molar-refractivity contribution in [2.45, 2.75) is 56.4 Å². The van der Waals surface area contributed by atoms with E-state index in [1.807, 2.05) is 41.0 Å². The lowest BCUT2D eigenvalue weighted by Gasteiger charge is -2.57. The van der Waals surface area contributed by atoms with Gasteiger partial charge >= 0.3 is 0 Å². The van der Waals surface area contributed by atoms with Crippen LogP contribution in [-0.2, 0) is 0 Å². The average Bonchev–Trinajstić information content (AvgIpc) is 3.53. The zero-order valence-electron chi connectivity index (χ0n) is 18.3. The van der Waals surface area contributed by atoms with Gasteiger partial charge in [0.25, 0.3) is 11.5 Å². The molecule has 7 nitrogen and oxygen atoms in total. The number of benzene rings is 1. The second-order valence-electron chi connectivity index (χ2n) is 10.3. The van der Waals surface area contributed by atoms with E-state index in [4.69, 9.17) is 0 Å². The molecule has 7 heteroatoms. The number of aromatic nitrogens is 4. The lowest BCUT2D eigenvalue weighted by atomic mass is 9.49. The van der Waals surface area contributed by atoms with E-state index in [9.17, 15) is 9.59 Å². The van der Waals surface area contributed by atoms with Crippen LogP contribution in [0.5, 0.6) is 0 Å². The van der Waals surface area contributed by atoms with Gasteiger partial charge in [0.15, 0.2) is 0 Å². The second kappa shape index (κ2) is 6.76. The van der Waals surface area contributed by atoms with Crippen LogP contribution in [0.4, 0.5) is 0 Å². The molecule has 1 amide bonds. The number of fused-ring (bicyclic) bond motifs is 2. The number of pyridine rings is 1. The lowest BCUT2D eigenvalue weighted by Crippen LogP contribution is -2.55. The van der Waals surface area contributed by atoms with Crippen molar-refractivity contribution in [3.05, 3.63) is 76.0 Å². The van der Waals surface area contributed by atoms with Crippen molar-refractivity contribution >= 4 is 22.2 Å². The Morgan fingerprint density at radius 3 is 2.61 bits per heavy atom. The fraction of sp³-hybridized carbons (Fsp3) is 0.385. The summed E-state index contributed by atoms with van der Waals surface area (Å²) in [5.41, 5.74) is 4.06. The Bertz CT molecular complexity index is 1470. The van der Waals surface area contributed by atoms with Gasteiger partial charge in [-0.15, -0.1) is 0 Å². The first-order chi connectivity index (χ1) is 16.1. The fourth-order valence-electron chi connectivity index (χ4n) is 6.27. The van der Waals surface area contributed by atoms with Gasteiger partial charge in [0, 0.05) is 23.5 Å². The second-order valence-corrected chi connectivity index (χ2v) is 10.3. The number of hydrogen-bond acceptors (Lipinski definition) is 4. The number of amides is 1. The van der Waals surface area contributed by atoms with E-state index in [2.05, 4.69) is 26.7 Å². The van der Waals surface area contributed by atoms with Crippen LogP contribution in [0.2, 0.25) is 0 Å². The molecule has 3 fully saturated rings. The van der Waals surface area contributed by atoms with Crippen molar-refractivity contribution in [2.24, 2.45) is 5.41 Å². The first-order valence-electron chi connectivity index (χ1n) is 11.8. The largest absolute Gasteiger partial charge is 0.349 e. The van der Waals surface area contributed by atoms with Crippen molar-refractivity contribution in [3.8, 4) is 0 Å². The molecule has 0 atom stereocenters. The highest BCUT2D eigenvalue weighted by Crippen LogP contribution is 2.62. The van der Waals surface area contributed by atoms with E-state index in [0.29, 0.717) is 28.2 Å². The Hall–Kier alpha value is -3.48. The summed E-state index contributed by atoms with van der Waals surface area (Å²) in [7, 11) is 0. The SMILES string of the molecule is O=C(NC1CC2(C1)CC(c1n[nH]c(=O)c3ccccc13)C2)c1cnn2cccc(C3CC3)c12. The average molecular weight is 440 g/mol. The molecule has 0 aliphatic heterocycles. The van der Waals surface area contributed by atoms with E-state index in [0.717, 1.165) is 42.3 Å². The fourth-order valence-corrected chi connectivity index (χ4v) is 6.27. The molecule has 3 heterocycles. The molecule has 2 N–H and O–H groups in total. The van der Waals surface area contributed by atoms with Gasteiger partial charge in [0.05, 0.1) is 28.4 Å². The number of hydrogen-bond donors (Lipinski definition) is 2. The molecule has 166 valence electrons. The van der Waals surface area contributed by atoms with Crippen molar-refractivity contribution < 1.29 is 4.79 Å². The number of H-pyrrole nitrogens is 1. The number of nitrogens with one attached hydrogen (secondary N) is 2. The standard InChI is InChI=1S/C26H25N5O2/c32-24(21-14-27-31-9-3-6-18(23(21)31)15-7-8-15)28-17-12-26(13-17)10-16(11-26)22-19-4-1-2-5-20(19)25(33)30-29-22/h1-6,9,14-17H,7-8,10-13H2,(H,28,32)(H,30,33). The number of carbonyl (C=O) groups is 1. The van der Waals surface area contributed by atoms with Gasteiger partial charge in [0.2, 0.25) is 0 Å². The predicted molar refractivity (Wildman–Crippen MR) is 124 cm³/mol. The van der Waals surface area contributed by atoms with Gasteiger partial charge in [-0.2, -0.15) is 10.2 Å². The summed E-state index contributed by atoms with van der Waals surface area (Å²) in [5.74, 6) is 0.916. The molecule has 0 bridgehead atoms. The van der Waals surface area contributed by atoms with Crippen molar-refractivity contribution in [3.63, 3.8) is 0 Å². The predicted octanol–water partition coefficient (Wildman–Crippen LogP) is 3.90. The number of rotatable bonds is 4. The third-order valence-corrected chi connectivity index (χ3v) is 8.00. The molecule has 7 rings (SSSR count). The van der Waals surface area contributed by atoms with Crippen LogP contribution in [0, 0.1) is 5.41 Å². The minimum atomic E-state index is -0.132. The van der Waals surface area contributed by atoms with Crippen LogP contribution in [0.1, 0.15) is 72.0 Å². The quantitative estimate of drug-likeness (QED) is 0.504. The molecule has 3 aliphatic carbocycles. The Morgan fingerprint density at radius 2 is 1.82 bits per heavy atom. The number of aromatic amines is 1. The van der Waals surface area contributed by atoms with Gasteiger partial charge < -0.3 is 5.32 Å². The van der Waals surface area contributed by atoms with Crippen LogP contribution in [0.15, 0.2) is 53.6 Å². The summed E-state index contributed by atoms with van der Waals surface area (Å²) >= 11 is 0. The van der Waals surface area contributed by atoms with Gasteiger partial charge in [-0.05, 0) is 67.6 Å². The molecule has 33 heavy (non-hydrogen) atoms. The first kappa shape index (κ1) is 19.0. The minimum absolute atomic E-state index is 0.0119. The molecule has 0 unspecified atom stereocenters. The highest BCUT2D eigenvalue weighted by atomic mass is 16.1. The maximum absolute atomic E-state index is 13.1. The van der Waals surface area contributed by atoms with E-state index in [1.54, 1.807) is 6.20 Å². The highest BCUT2D eigenvalue weighted by molar-refractivity contribution is 6.01. The third-order valence-electron chi connectivity index (χ3n) is 8.00. The van der Waals surface area contributed by atoms with E-state index in [-0.39, 0.29) is 17.5 Å². The van der Waals surface area contributed by atoms with Gasteiger partial charge in [-0.25, -0.2) is 9.61 Å². The molecular weight excluding hydrogens is 414 g/mol. The molecule has 0 saturated heterocycles. The minimum Gasteiger partial charge on any atom is -0.349 e. The zero-order chi connectivity index (χ0) is 22.2. The maximum Gasteiger partial charge on any atom is 0.272 e. The Kier molecular flexibility index (Phi) is 3.90. The van der Waals surface area contributed by atoms with Crippen molar-refractivity contribution in [1.82, 2.24) is 25.1 Å². The Labute approximate surface area is 190 Å². The van der Waals surface area contributed by atoms with Crippen LogP contribution < -0.4 is 10.9 Å². The molecule has 3 saturated carbocycles. The molecule has 3 aliphatic rings. The normalized spacial score (nSPS) is 26.3. The zero-order valence-corrected chi connectivity index (χ0v) is 18.3. The summed E-state index contributed by atoms with van der Waals surface area (Å²) < 4.78 is 1.84. The van der Waals surface area contributed by atoms with E-state index < -0.39 is 0 Å². The summed E-state index contributed by atoms with van der Waals surface area (Å²) in [6.07, 6.45) is 10.1. The summed E-state index contributed by atoms with van der Waals surface area (Å²) in [5, 5.41) is 16.4. The third kappa shape index (κ3) is 2.95. The smallest absolute Gasteiger partial charge is 0.272 e. The van der Waals surface area contributed by atoms with Crippen LogP contribution in [0.25, 0.3) is 16.3 Å². The first-order valence-corrected chi connectivity index (χ1v) is 11.8. The molecule has 4 aromatic rings. The lowest BCUT2D eigenvalue weighted by molar-refractivity contribution is -0.0196. The molecule has 1 spiro atoms. The van der Waals surface area contributed by atoms with E-state index >= 15 is 0 Å². The van der Waals surface area contributed by atoms with Crippen LogP contribution >= 0.6 is 0 Å². The van der Waals surface area contributed by atoms with Crippen LogP contribution in [0.3, 0.4) is 0 Å². The van der Waals surface area contributed by atoms with E-state index in [1.165, 1.54) is 18.4 Å². The number of carbonyl (C=O) groups excluding carboxylic acids is 1. The summed E-state index contributed by atoms with van der Waals surface area (Å²) in [6, 6.07) is 12.1. The van der Waals surface area contributed by atoms with Crippen molar-refractivity contribution in [2.75, 3.05) is 0 Å². The number of nitrogens with zero attached hydrogens (tertiary/aromatic N) is 3. The summed E-state index contributed by atoms with van der Waals surface area (Å²) in [4.78, 5) is 25.2. The van der Waals surface area contributed by atoms with Gasteiger partial charge in [0.1, 0.15) is 0 Å². The highest BCUT2D eigenvalue weighted by Gasteiger charge is 2.54. The topological polar surface area (TPSA) is 92.1 Å². The molecular formula is C26H25N5O2. The molecule has 0 radical (unpaired) electrons. The Morgan fingerprint density at radius 1 is 1.03 bits per heavy atom. The maximum atomic E-state index is 13.1. The van der Waals surface area contributed by atoms with Crippen LogP contribution in [-0.4, -0.2) is 31.8 Å². The monoisotopic (exact) mass is 439 g/mol. The summed E-state index contributed by atoms with van der Waals surface area (Å²) in [6.45, 7) is 0.